The maximum absolute atomic E-state index is 5.38. The molecule has 1 atom stereocenters. The summed E-state index contributed by atoms with van der Waals surface area (Å²) in [6, 6.07) is 6.08. The molecule has 26 heavy (non-hydrogen) atoms. The third-order valence-electron chi connectivity index (χ3n) is 4.80. The van der Waals surface area contributed by atoms with Crippen molar-refractivity contribution >= 4 is 29.9 Å². The minimum Gasteiger partial charge on any atom is -0.493 e. The molecule has 0 amide bonds. The van der Waals surface area contributed by atoms with Crippen LogP contribution in [0.2, 0.25) is 0 Å². The first-order valence-electron chi connectivity index (χ1n) is 8.88. The average Bonchev–Trinajstić information content (AvgIpc) is 3.05. The Kier molecular flexibility index (Phi) is 10.1. The van der Waals surface area contributed by atoms with Crippen molar-refractivity contribution in [1.82, 2.24) is 15.1 Å². The van der Waals surface area contributed by atoms with E-state index in [2.05, 4.69) is 40.3 Å². The Morgan fingerprint density at radius 3 is 2.62 bits per heavy atom. The monoisotopic (exact) mass is 476 g/mol. The van der Waals surface area contributed by atoms with Crippen LogP contribution in [0.1, 0.15) is 12.0 Å². The number of nitrogens with one attached hydrogen (secondary N) is 1. The van der Waals surface area contributed by atoms with Crippen molar-refractivity contribution in [3.8, 4) is 11.5 Å². The second-order valence-electron chi connectivity index (χ2n) is 6.71. The van der Waals surface area contributed by atoms with E-state index in [1.165, 1.54) is 25.1 Å². The van der Waals surface area contributed by atoms with Crippen LogP contribution in [0.3, 0.4) is 0 Å². The van der Waals surface area contributed by atoms with Crippen LogP contribution in [0.4, 0.5) is 0 Å². The lowest BCUT2D eigenvalue weighted by Gasteiger charge is -2.23. The topological polar surface area (TPSA) is 49.3 Å². The van der Waals surface area contributed by atoms with Gasteiger partial charge in [0, 0.05) is 33.7 Å². The van der Waals surface area contributed by atoms with Gasteiger partial charge in [-0.1, -0.05) is 6.07 Å². The van der Waals surface area contributed by atoms with E-state index in [-0.39, 0.29) is 24.0 Å². The Bertz CT molecular complexity index is 583. The van der Waals surface area contributed by atoms with Crippen molar-refractivity contribution in [2.45, 2.75) is 12.8 Å². The largest absolute Gasteiger partial charge is 0.493 e. The molecule has 7 heteroatoms. The number of hydrogen-bond acceptors (Lipinski definition) is 4. The lowest BCUT2D eigenvalue weighted by atomic mass is 10.1. The van der Waals surface area contributed by atoms with Crippen LogP contribution in [0.25, 0.3) is 0 Å². The van der Waals surface area contributed by atoms with Crippen molar-refractivity contribution in [3.05, 3.63) is 23.8 Å². The molecule has 1 heterocycles. The fourth-order valence-electron chi connectivity index (χ4n) is 3.25. The minimum atomic E-state index is 0. The molecule has 1 aliphatic heterocycles. The van der Waals surface area contributed by atoms with Gasteiger partial charge >= 0.3 is 0 Å². The summed E-state index contributed by atoms with van der Waals surface area (Å²) in [7, 11) is 9.43. The summed E-state index contributed by atoms with van der Waals surface area (Å²) in [5, 5.41) is 3.51. The Balaban J connectivity index is 0.00000338. The number of nitrogens with zero attached hydrogens (tertiary/aromatic N) is 3. The first-order valence-corrected chi connectivity index (χ1v) is 8.88. The highest BCUT2D eigenvalue weighted by molar-refractivity contribution is 14.0. The second kappa shape index (κ2) is 11.5. The number of likely N-dealkylation sites (tertiary alicyclic amines) is 1. The van der Waals surface area contributed by atoms with E-state index in [0.29, 0.717) is 5.92 Å². The molecule has 1 aliphatic rings. The van der Waals surface area contributed by atoms with E-state index in [4.69, 9.17) is 9.47 Å². The zero-order valence-electron chi connectivity index (χ0n) is 16.6. The van der Waals surface area contributed by atoms with Gasteiger partial charge in [-0.25, -0.2) is 0 Å². The number of guanidine groups is 1. The predicted molar refractivity (Wildman–Crippen MR) is 118 cm³/mol. The van der Waals surface area contributed by atoms with Crippen molar-refractivity contribution in [1.29, 1.82) is 0 Å². The first kappa shape index (κ1) is 22.8. The van der Waals surface area contributed by atoms with E-state index in [9.17, 15) is 0 Å². The molecule has 6 nitrogen and oxygen atoms in total. The van der Waals surface area contributed by atoms with Gasteiger partial charge in [0.05, 0.1) is 14.2 Å². The zero-order chi connectivity index (χ0) is 18.2. The van der Waals surface area contributed by atoms with Gasteiger partial charge in [0.15, 0.2) is 17.5 Å². The smallest absolute Gasteiger partial charge is 0.193 e. The summed E-state index contributed by atoms with van der Waals surface area (Å²) >= 11 is 0. The Hall–Kier alpha value is -1.22. The molecule has 1 saturated heterocycles. The van der Waals surface area contributed by atoms with E-state index >= 15 is 0 Å². The molecule has 0 saturated carbocycles. The van der Waals surface area contributed by atoms with Crippen LogP contribution >= 0.6 is 24.0 Å². The summed E-state index contributed by atoms with van der Waals surface area (Å²) < 4.78 is 10.7. The normalized spacial score (nSPS) is 17.6. The average molecular weight is 476 g/mol. The molecular formula is C19H33IN4O2. The molecule has 0 radical (unpaired) electrons. The molecule has 1 aromatic carbocycles. The first-order chi connectivity index (χ1) is 12.1. The lowest BCUT2D eigenvalue weighted by Crippen LogP contribution is -2.42. The molecule has 1 unspecified atom stereocenters. The van der Waals surface area contributed by atoms with E-state index in [1.807, 2.05) is 19.2 Å². The highest BCUT2D eigenvalue weighted by Gasteiger charge is 2.19. The molecule has 1 fully saturated rings. The number of rotatable bonds is 7. The van der Waals surface area contributed by atoms with Crippen molar-refractivity contribution < 1.29 is 9.47 Å². The van der Waals surface area contributed by atoms with Crippen LogP contribution in [0.5, 0.6) is 11.5 Å². The van der Waals surface area contributed by atoms with Gasteiger partial charge in [-0.15, -0.1) is 24.0 Å². The Labute approximate surface area is 175 Å². The predicted octanol–water partition coefficient (Wildman–Crippen LogP) is 2.32. The standard InChI is InChI=1S/C19H32N4O2.HI/c1-20-19(21-13-16-8-10-22(2)14-16)23(3)11-9-15-6-7-17(24-4)18(12-15)25-5;/h6-7,12,16H,8-11,13-14H2,1-5H3,(H,20,21);1H. The molecule has 148 valence electrons. The minimum absolute atomic E-state index is 0. The van der Waals surface area contributed by atoms with Gasteiger partial charge in [-0.3, -0.25) is 4.99 Å². The van der Waals surface area contributed by atoms with Crippen molar-refractivity contribution in [3.63, 3.8) is 0 Å². The van der Waals surface area contributed by atoms with Crippen molar-refractivity contribution in [2.75, 3.05) is 61.5 Å². The maximum atomic E-state index is 5.38. The molecule has 0 bridgehead atoms. The third kappa shape index (κ3) is 6.50. The summed E-state index contributed by atoms with van der Waals surface area (Å²) in [4.78, 5) is 8.98. The lowest BCUT2D eigenvalue weighted by molar-refractivity contribution is 0.354. The Morgan fingerprint density at radius 1 is 1.31 bits per heavy atom. The molecular weight excluding hydrogens is 443 g/mol. The number of hydrogen-bond donors (Lipinski definition) is 1. The number of methoxy groups -OCH3 is 2. The summed E-state index contributed by atoms with van der Waals surface area (Å²) in [6.07, 6.45) is 2.18. The molecule has 1 N–H and O–H groups in total. The van der Waals surface area contributed by atoms with Crippen LogP contribution in [-0.2, 0) is 6.42 Å². The zero-order valence-corrected chi connectivity index (χ0v) is 18.9. The highest BCUT2D eigenvalue weighted by atomic mass is 127. The fraction of sp³-hybridized carbons (Fsp3) is 0.632. The number of aliphatic imine (C=N–C) groups is 1. The van der Waals surface area contributed by atoms with E-state index in [0.717, 1.165) is 37.0 Å². The second-order valence-corrected chi connectivity index (χ2v) is 6.71. The van der Waals surface area contributed by atoms with Crippen LogP contribution in [-0.4, -0.2) is 77.3 Å². The van der Waals surface area contributed by atoms with Crippen molar-refractivity contribution in [2.24, 2.45) is 10.9 Å². The third-order valence-corrected chi connectivity index (χ3v) is 4.80. The number of ether oxygens (including phenoxy) is 2. The number of benzene rings is 1. The van der Waals surface area contributed by atoms with E-state index in [1.54, 1.807) is 14.2 Å². The van der Waals surface area contributed by atoms with Gasteiger partial charge in [0.1, 0.15) is 0 Å². The van der Waals surface area contributed by atoms with Gasteiger partial charge in [-0.05, 0) is 50.0 Å². The van der Waals surface area contributed by atoms with Gasteiger partial charge in [0.25, 0.3) is 0 Å². The van der Waals surface area contributed by atoms with Gasteiger partial charge in [0.2, 0.25) is 0 Å². The number of likely N-dealkylation sites (N-methyl/N-ethyl adjacent to an activating group) is 1. The molecule has 2 rings (SSSR count). The summed E-state index contributed by atoms with van der Waals surface area (Å²) in [5.74, 6) is 3.20. The van der Waals surface area contributed by atoms with Gasteiger partial charge in [-0.2, -0.15) is 0 Å². The molecule has 0 aliphatic carbocycles. The SMILES string of the molecule is CN=C(NCC1CCN(C)C1)N(C)CCc1ccc(OC)c(OC)c1.I. The van der Waals surface area contributed by atoms with Crippen LogP contribution < -0.4 is 14.8 Å². The molecule has 1 aromatic rings. The molecule has 0 spiro atoms. The van der Waals surface area contributed by atoms with E-state index < -0.39 is 0 Å². The fourth-order valence-corrected chi connectivity index (χ4v) is 3.25. The molecule has 0 aromatic heterocycles. The van der Waals surface area contributed by atoms with Gasteiger partial charge < -0.3 is 24.6 Å². The maximum Gasteiger partial charge on any atom is 0.193 e. The summed E-state index contributed by atoms with van der Waals surface area (Å²) in [6.45, 7) is 4.23. The Morgan fingerprint density at radius 2 is 2.04 bits per heavy atom. The number of halogens is 1. The highest BCUT2D eigenvalue weighted by Crippen LogP contribution is 2.27. The van der Waals surface area contributed by atoms with Crippen LogP contribution in [0, 0.1) is 5.92 Å². The summed E-state index contributed by atoms with van der Waals surface area (Å²) in [5.41, 5.74) is 1.22. The van der Waals surface area contributed by atoms with Crippen LogP contribution in [0.15, 0.2) is 23.2 Å². The quantitative estimate of drug-likeness (QED) is 0.372.